The van der Waals surface area contributed by atoms with Crippen LogP contribution in [-0.4, -0.2) is 56.5 Å². The van der Waals surface area contributed by atoms with Gasteiger partial charge in [0, 0.05) is 39.4 Å². The normalized spacial score (nSPS) is 18.3. The molecule has 6 nitrogen and oxygen atoms in total. The zero-order chi connectivity index (χ0) is 18.3. The Kier molecular flexibility index (Phi) is 9.41. The number of alkyl halides is 3. The lowest BCUT2D eigenvalue weighted by Gasteiger charge is -2.32. The van der Waals surface area contributed by atoms with Crippen molar-refractivity contribution in [3.8, 4) is 0 Å². The molecule has 0 spiro atoms. The Balaban J connectivity index is 0.00000338. The maximum atomic E-state index is 12.2. The Bertz CT molecular complexity index is 585. The molecule has 1 fully saturated rings. The summed E-state index contributed by atoms with van der Waals surface area (Å²) >= 11 is 0. The van der Waals surface area contributed by atoms with E-state index >= 15 is 0 Å². The SMILES string of the molecule is CN=C(NCCC(F)(F)F)NCc1ccnc(N2CCOC(C)C2)c1.I. The summed E-state index contributed by atoms with van der Waals surface area (Å²) < 4.78 is 42.1. The number of anilines is 1. The van der Waals surface area contributed by atoms with Crippen molar-refractivity contribution in [2.45, 2.75) is 32.2 Å². The van der Waals surface area contributed by atoms with Crippen LogP contribution in [0.25, 0.3) is 0 Å². The van der Waals surface area contributed by atoms with Gasteiger partial charge in [-0.15, -0.1) is 24.0 Å². The molecule has 0 aliphatic carbocycles. The lowest BCUT2D eigenvalue weighted by molar-refractivity contribution is -0.132. The van der Waals surface area contributed by atoms with Crippen LogP contribution in [0.5, 0.6) is 0 Å². The molecule has 2 rings (SSSR count). The molecule has 0 saturated carbocycles. The first-order valence-corrected chi connectivity index (χ1v) is 8.20. The molecule has 0 bridgehead atoms. The number of aromatic nitrogens is 1. The van der Waals surface area contributed by atoms with Gasteiger partial charge in [0.1, 0.15) is 5.82 Å². The van der Waals surface area contributed by atoms with Crippen molar-refractivity contribution in [2.75, 3.05) is 38.2 Å². The van der Waals surface area contributed by atoms with Crippen molar-refractivity contribution in [1.29, 1.82) is 0 Å². The van der Waals surface area contributed by atoms with E-state index in [0.29, 0.717) is 19.1 Å². The van der Waals surface area contributed by atoms with E-state index in [-0.39, 0.29) is 36.6 Å². The van der Waals surface area contributed by atoms with Gasteiger partial charge in [0.05, 0.1) is 19.1 Å². The molecule has 1 aliphatic heterocycles. The minimum atomic E-state index is -4.18. The van der Waals surface area contributed by atoms with Gasteiger partial charge in [-0.3, -0.25) is 4.99 Å². The van der Waals surface area contributed by atoms with E-state index in [1.807, 2.05) is 19.1 Å². The molecule has 148 valence electrons. The number of nitrogens with zero attached hydrogens (tertiary/aromatic N) is 3. The second kappa shape index (κ2) is 10.8. The minimum absolute atomic E-state index is 0. The Labute approximate surface area is 168 Å². The van der Waals surface area contributed by atoms with Gasteiger partial charge in [0.15, 0.2) is 5.96 Å². The lowest BCUT2D eigenvalue weighted by atomic mass is 10.2. The summed E-state index contributed by atoms with van der Waals surface area (Å²) in [5.41, 5.74) is 0.975. The van der Waals surface area contributed by atoms with E-state index in [0.717, 1.165) is 24.5 Å². The smallest absolute Gasteiger partial charge is 0.375 e. The van der Waals surface area contributed by atoms with Crippen LogP contribution in [0.3, 0.4) is 0 Å². The first kappa shape index (κ1) is 22.7. The van der Waals surface area contributed by atoms with E-state index in [2.05, 4.69) is 25.5 Å². The summed E-state index contributed by atoms with van der Waals surface area (Å²) in [7, 11) is 1.52. The van der Waals surface area contributed by atoms with Gasteiger partial charge in [-0.05, 0) is 24.6 Å². The van der Waals surface area contributed by atoms with Crippen LogP contribution >= 0.6 is 24.0 Å². The Hall–Kier alpha value is -1.30. The number of pyridine rings is 1. The molecule has 1 atom stereocenters. The molecular formula is C16H25F3IN5O. The number of hydrogen-bond donors (Lipinski definition) is 2. The molecule has 10 heteroatoms. The van der Waals surface area contributed by atoms with E-state index in [9.17, 15) is 13.2 Å². The third kappa shape index (κ3) is 7.94. The zero-order valence-corrected chi connectivity index (χ0v) is 17.2. The van der Waals surface area contributed by atoms with Crippen LogP contribution in [0.4, 0.5) is 19.0 Å². The Morgan fingerprint density at radius 3 is 2.85 bits per heavy atom. The van der Waals surface area contributed by atoms with Crippen LogP contribution in [0.15, 0.2) is 23.3 Å². The number of guanidine groups is 1. The Morgan fingerprint density at radius 1 is 1.42 bits per heavy atom. The van der Waals surface area contributed by atoms with Crippen LogP contribution in [0.1, 0.15) is 18.9 Å². The second-order valence-electron chi connectivity index (χ2n) is 5.87. The van der Waals surface area contributed by atoms with Gasteiger partial charge in [-0.25, -0.2) is 4.98 Å². The maximum Gasteiger partial charge on any atom is 0.390 e. The molecule has 1 unspecified atom stereocenters. The van der Waals surface area contributed by atoms with Crippen LogP contribution in [0.2, 0.25) is 0 Å². The average Bonchev–Trinajstić information content (AvgIpc) is 2.57. The van der Waals surface area contributed by atoms with Crippen molar-refractivity contribution < 1.29 is 17.9 Å². The highest BCUT2D eigenvalue weighted by Gasteiger charge is 2.26. The quantitative estimate of drug-likeness (QED) is 0.380. The maximum absolute atomic E-state index is 12.2. The van der Waals surface area contributed by atoms with Gasteiger partial charge < -0.3 is 20.3 Å². The predicted molar refractivity (Wildman–Crippen MR) is 106 cm³/mol. The van der Waals surface area contributed by atoms with Crippen LogP contribution < -0.4 is 15.5 Å². The lowest BCUT2D eigenvalue weighted by Crippen LogP contribution is -2.41. The number of aliphatic imine (C=N–C) groups is 1. The van der Waals surface area contributed by atoms with Crippen molar-refractivity contribution in [2.24, 2.45) is 4.99 Å². The highest BCUT2D eigenvalue weighted by atomic mass is 127. The summed E-state index contributed by atoms with van der Waals surface area (Å²) in [5, 5.41) is 5.67. The first-order valence-electron chi connectivity index (χ1n) is 8.20. The number of ether oxygens (including phenoxy) is 1. The Morgan fingerprint density at radius 2 is 2.19 bits per heavy atom. The second-order valence-corrected chi connectivity index (χ2v) is 5.87. The monoisotopic (exact) mass is 487 g/mol. The molecule has 0 radical (unpaired) electrons. The largest absolute Gasteiger partial charge is 0.390 e. The predicted octanol–water partition coefficient (Wildman–Crippen LogP) is 2.54. The number of rotatable bonds is 5. The molecule has 0 amide bonds. The van der Waals surface area contributed by atoms with Crippen molar-refractivity contribution >= 4 is 35.8 Å². The fourth-order valence-corrected chi connectivity index (χ4v) is 2.50. The third-order valence-electron chi connectivity index (χ3n) is 3.76. The van der Waals surface area contributed by atoms with E-state index in [1.165, 1.54) is 7.05 Å². The molecule has 2 heterocycles. The zero-order valence-electron chi connectivity index (χ0n) is 14.8. The van der Waals surface area contributed by atoms with Crippen molar-refractivity contribution in [3.05, 3.63) is 23.9 Å². The van der Waals surface area contributed by atoms with Gasteiger partial charge >= 0.3 is 6.18 Å². The molecular weight excluding hydrogens is 462 g/mol. The molecule has 0 aromatic carbocycles. The highest BCUT2D eigenvalue weighted by Crippen LogP contribution is 2.18. The fraction of sp³-hybridized carbons (Fsp3) is 0.625. The van der Waals surface area contributed by atoms with Crippen LogP contribution in [0, 0.1) is 0 Å². The van der Waals surface area contributed by atoms with Gasteiger partial charge in [-0.2, -0.15) is 13.2 Å². The van der Waals surface area contributed by atoms with Crippen molar-refractivity contribution in [3.63, 3.8) is 0 Å². The standard InChI is InChI=1S/C16H24F3N5O.HI/c1-12-11-24(7-8-25-12)14-9-13(3-5-21-14)10-23-15(20-2)22-6-4-16(17,18)19;/h3,5,9,12H,4,6-8,10-11H2,1-2H3,(H2,20,22,23);1H. The molecule has 1 aromatic rings. The first-order chi connectivity index (χ1) is 11.9. The van der Waals surface area contributed by atoms with Gasteiger partial charge in [-0.1, -0.05) is 0 Å². The number of hydrogen-bond acceptors (Lipinski definition) is 4. The van der Waals surface area contributed by atoms with E-state index in [4.69, 9.17) is 4.74 Å². The van der Waals surface area contributed by atoms with Gasteiger partial charge in [0.25, 0.3) is 0 Å². The third-order valence-corrected chi connectivity index (χ3v) is 3.76. The van der Waals surface area contributed by atoms with E-state index < -0.39 is 12.6 Å². The fourth-order valence-electron chi connectivity index (χ4n) is 2.50. The molecule has 1 saturated heterocycles. The summed E-state index contributed by atoms with van der Waals surface area (Å²) in [6.45, 7) is 4.49. The number of morpholine rings is 1. The molecule has 26 heavy (non-hydrogen) atoms. The summed E-state index contributed by atoms with van der Waals surface area (Å²) in [6.07, 6.45) is -3.19. The highest BCUT2D eigenvalue weighted by molar-refractivity contribution is 14.0. The molecule has 1 aliphatic rings. The number of halogens is 4. The topological polar surface area (TPSA) is 61.8 Å². The molecule has 1 aromatic heterocycles. The van der Waals surface area contributed by atoms with Crippen molar-refractivity contribution in [1.82, 2.24) is 15.6 Å². The summed E-state index contributed by atoms with van der Waals surface area (Å²) in [4.78, 5) is 10.5. The summed E-state index contributed by atoms with van der Waals surface area (Å²) in [6, 6.07) is 3.83. The van der Waals surface area contributed by atoms with Crippen LogP contribution in [-0.2, 0) is 11.3 Å². The van der Waals surface area contributed by atoms with Gasteiger partial charge in [0.2, 0.25) is 0 Å². The van der Waals surface area contributed by atoms with E-state index in [1.54, 1.807) is 6.20 Å². The number of nitrogens with one attached hydrogen (secondary N) is 2. The minimum Gasteiger partial charge on any atom is -0.375 e. The molecule has 2 N–H and O–H groups in total. The summed E-state index contributed by atoms with van der Waals surface area (Å²) in [5.74, 6) is 1.21. The average molecular weight is 487 g/mol.